The summed E-state index contributed by atoms with van der Waals surface area (Å²) < 4.78 is 23.8. The van der Waals surface area contributed by atoms with Gasteiger partial charge in [-0.25, -0.2) is 4.39 Å². The average molecular weight is 285 g/mol. The van der Waals surface area contributed by atoms with Gasteiger partial charge >= 0.3 is 0 Å². The van der Waals surface area contributed by atoms with Crippen LogP contribution in [0.5, 0.6) is 5.75 Å². The van der Waals surface area contributed by atoms with Crippen LogP contribution in [0.4, 0.5) is 10.1 Å². The zero-order valence-electron chi connectivity index (χ0n) is 11.2. The summed E-state index contributed by atoms with van der Waals surface area (Å²) in [5, 5.41) is 3.89. The van der Waals surface area contributed by atoms with Crippen molar-refractivity contribution in [2.75, 3.05) is 12.8 Å². The molecule has 0 atom stereocenters. The largest absolute Gasteiger partial charge is 0.497 e. The number of halogens is 1. The Morgan fingerprint density at radius 2 is 2.00 bits per heavy atom. The molecule has 106 valence electrons. The van der Waals surface area contributed by atoms with Gasteiger partial charge in [0.25, 0.3) is 5.89 Å². The van der Waals surface area contributed by atoms with Crippen molar-refractivity contribution in [2.45, 2.75) is 0 Å². The lowest BCUT2D eigenvalue weighted by atomic mass is 10.2. The Hall–Kier alpha value is -2.89. The van der Waals surface area contributed by atoms with Gasteiger partial charge in [-0.1, -0.05) is 17.3 Å². The highest BCUT2D eigenvalue weighted by atomic mass is 19.1. The summed E-state index contributed by atoms with van der Waals surface area (Å²) in [4.78, 5) is 4.26. The van der Waals surface area contributed by atoms with Crippen LogP contribution in [0.15, 0.2) is 47.0 Å². The van der Waals surface area contributed by atoms with Crippen LogP contribution in [0.2, 0.25) is 0 Å². The lowest BCUT2D eigenvalue weighted by Crippen LogP contribution is -1.90. The smallest absolute Gasteiger partial charge is 0.258 e. The van der Waals surface area contributed by atoms with E-state index in [0.29, 0.717) is 17.1 Å². The third-order valence-corrected chi connectivity index (χ3v) is 3.00. The van der Waals surface area contributed by atoms with Crippen LogP contribution in [0.1, 0.15) is 0 Å². The number of nitrogens with zero attached hydrogens (tertiary/aromatic N) is 2. The van der Waals surface area contributed by atoms with Crippen molar-refractivity contribution in [3.8, 4) is 28.6 Å². The molecule has 0 saturated carbocycles. The number of hydrogen-bond acceptors (Lipinski definition) is 5. The van der Waals surface area contributed by atoms with Gasteiger partial charge in [0.05, 0.1) is 12.8 Å². The first kappa shape index (κ1) is 13.1. The number of benzene rings is 2. The van der Waals surface area contributed by atoms with E-state index in [1.807, 2.05) is 18.2 Å². The minimum Gasteiger partial charge on any atom is -0.497 e. The third-order valence-electron chi connectivity index (χ3n) is 3.00. The van der Waals surface area contributed by atoms with Gasteiger partial charge < -0.3 is 15.0 Å². The SMILES string of the molecule is COc1cccc(-c2noc(-c3ccc(N)c(F)c3)n2)c1. The second-order valence-electron chi connectivity index (χ2n) is 4.39. The summed E-state index contributed by atoms with van der Waals surface area (Å²) in [6.07, 6.45) is 0. The second-order valence-corrected chi connectivity index (χ2v) is 4.39. The first-order valence-electron chi connectivity index (χ1n) is 6.21. The van der Waals surface area contributed by atoms with Crippen LogP contribution in [-0.2, 0) is 0 Å². The fourth-order valence-corrected chi connectivity index (χ4v) is 1.88. The molecule has 0 radical (unpaired) electrons. The molecule has 0 aliphatic rings. The lowest BCUT2D eigenvalue weighted by Gasteiger charge is -2.00. The summed E-state index contributed by atoms with van der Waals surface area (Å²) in [6.45, 7) is 0. The number of methoxy groups -OCH3 is 1. The Morgan fingerprint density at radius 3 is 2.76 bits per heavy atom. The Morgan fingerprint density at radius 1 is 1.14 bits per heavy atom. The molecule has 0 saturated heterocycles. The van der Waals surface area contributed by atoms with Crippen molar-refractivity contribution in [1.29, 1.82) is 0 Å². The first-order chi connectivity index (χ1) is 10.2. The number of rotatable bonds is 3. The van der Waals surface area contributed by atoms with Crippen LogP contribution in [-0.4, -0.2) is 17.3 Å². The summed E-state index contributed by atoms with van der Waals surface area (Å²) in [5.74, 6) is 0.805. The molecule has 0 spiro atoms. The molecule has 0 fully saturated rings. The van der Waals surface area contributed by atoms with Crippen LogP contribution < -0.4 is 10.5 Å². The van der Waals surface area contributed by atoms with Crippen molar-refractivity contribution in [2.24, 2.45) is 0 Å². The van der Waals surface area contributed by atoms with Crippen LogP contribution in [0, 0.1) is 5.82 Å². The van der Waals surface area contributed by atoms with Gasteiger partial charge in [-0.2, -0.15) is 4.98 Å². The summed E-state index contributed by atoms with van der Waals surface area (Å²) >= 11 is 0. The zero-order chi connectivity index (χ0) is 14.8. The predicted octanol–water partition coefficient (Wildman–Crippen LogP) is 3.13. The van der Waals surface area contributed by atoms with Crippen LogP contribution >= 0.6 is 0 Å². The molecule has 2 aromatic carbocycles. The van der Waals surface area contributed by atoms with Gasteiger partial charge in [0.2, 0.25) is 5.82 Å². The Labute approximate surface area is 120 Å². The van der Waals surface area contributed by atoms with Crippen LogP contribution in [0.3, 0.4) is 0 Å². The minimum atomic E-state index is -0.520. The molecule has 5 nitrogen and oxygen atoms in total. The molecule has 2 N–H and O–H groups in total. The van der Waals surface area contributed by atoms with E-state index < -0.39 is 5.82 Å². The first-order valence-corrected chi connectivity index (χ1v) is 6.21. The number of ether oxygens (including phenoxy) is 1. The van der Waals surface area contributed by atoms with E-state index >= 15 is 0 Å². The van der Waals surface area contributed by atoms with E-state index in [2.05, 4.69) is 10.1 Å². The van der Waals surface area contributed by atoms with Crippen molar-refractivity contribution < 1.29 is 13.7 Å². The Bertz CT molecular complexity index is 786. The van der Waals surface area contributed by atoms with Gasteiger partial charge in [-0.3, -0.25) is 0 Å². The van der Waals surface area contributed by atoms with Crippen LogP contribution in [0.25, 0.3) is 22.8 Å². The van der Waals surface area contributed by atoms with Crippen molar-refractivity contribution >= 4 is 5.69 Å². The van der Waals surface area contributed by atoms with Gasteiger partial charge in [0.15, 0.2) is 0 Å². The molecule has 0 bridgehead atoms. The van der Waals surface area contributed by atoms with Crippen molar-refractivity contribution in [3.05, 3.63) is 48.3 Å². The minimum absolute atomic E-state index is 0.0753. The van der Waals surface area contributed by atoms with Crippen molar-refractivity contribution in [1.82, 2.24) is 10.1 Å². The number of nitrogens with two attached hydrogens (primary N) is 1. The quantitative estimate of drug-likeness (QED) is 0.748. The highest BCUT2D eigenvalue weighted by Gasteiger charge is 2.12. The van der Waals surface area contributed by atoms with E-state index in [4.69, 9.17) is 15.0 Å². The molecule has 1 aromatic heterocycles. The Balaban J connectivity index is 1.97. The second kappa shape index (κ2) is 5.24. The van der Waals surface area contributed by atoms with Gasteiger partial charge in [-0.05, 0) is 30.3 Å². The zero-order valence-corrected chi connectivity index (χ0v) is 11.2. The fourth-order valence-electron chi connectivity index (χ4n) is 1.88. The third kappa shape index (κ3) is 2.55. The number of anilines is 1. The molecular weight excluding hydrogens is 273 g/mol. The molecule has 0 unspecified atom stereocenters. The van der Waals surface area contributed by atoms with Gasteiger partial charge in [0.1, 0.15) is 11.6 Å². The maximum Gasteiger partial charge on any atom is 0.258 e. The topological polar surface area (TPSA) is 74.2 Å². The molecule has 1 heterocycles. The molecule has 0 aliphatic heterocycles. The molecule has 3 rings (SSSR count). The van der Waals surface area contributed by atoms with Gasteiger partial charge in [-0.15, -0.1) is 0 Å². The van der Waals surface area contributed by atoms with E-state index in [1.165, 1.54) is 12.1 Å². The Kier molecular flexibility index (Phi) is 3.27. The normalized spacial score (nSPS) is 10.6. The molecule has 0 aliphatic carbocycles. The summed E-state index contributed by atoms with van der Waals surface area (Å²) in [7, 11) is 1.58. The molecule has 21 heavy (non-hydrogen) atoms. The highest BCUT2D eigenvalue weighted by molar-refractivity contribution is 5.62. The number of nitrogen functional groups attached to an aromatic ring is 1. The summed E-state index contributed by atoms with van der Waals surface area (Å²) in [6, 6.07) is 11.6. The molecule has 0 amide bonds. The fraction of sp³-hybridized carbons (Fsp3) is 0.0667. The predicted molar refractivity (Wildman–Crippen MR) is 76.1 cm³/mol. The maximum atomic E-state index is 13.5. The average Bonchev–Trinajstić information content (AvgIpc) is 3.00. The highest BCUT2D eigenvalue weighted by Crippen LogP contribution is 2.26. The van der Waals surface area contributed by atoms with E-state index in [9.17, 15) is 4.39 Å². The summed E-state index contributed by atoms with van der Waals surface area (Å²) in [5.41, 5.74) is 6.74. The van der Waals surface area contributed by atoms with E-state index in [-0.39, 0.29) is 11.6 Å². The molecule has 3 aromatic rings. The monoisotopic (exact) mass is 285 g/mol. The molecular formula is C15H12FN3O2. The van der Waals surface area contributed by atoms with Gasteiger partial charge in [0, 0.05) is 11.1 Å². The number of aromatic nitrogens is 2. The van der Waals surface area contributed by atoms with E-state index in [0.717, 1.165) is 5.56 Å². The maximum absolute atomic E-state index is 13.5. The van der Waals surface area contributed by atoms with E-state index in [1.54, 1.807) is 19.2 Å². The number of hydrogen-bond donors (Lipinski definition) is 1. The van der Waals surface area contributed by atoms with Crippen molar-refractivity contribution in [3.63, 3.8) is 0 Å². The lowest BCUT2D eigenvalue weighted by molar-refractivity contribution is 0.414. The standard InChI is InChI=1S/C15H12FN3O2/c1-20-11-4-2-3-9(7-11)14-18-15(21-19-14)10-5-6-13(17)12(16)8-10/h2-8H,17H2,1H3. The molecule has 6 heteroatoms.